The fraction of sp³-hybridized carbons (Fsp3) is 0.476. The molecule has 3 saturated heterocycles. The van der Waals surface area contributed by atoms with Crippen LogP contribution in [0.15, 0.2) is 61.2 Å². The number of likely N-dealkylation sites (tertiary alicyclic amines) is 1. The zero-order valence-electron chi connectivity index (χ0n) is 31.9. The minimum Gasteiger partial charge on any atom is -0.371 e. The minimum absolute atomic E-state index is 0.0538. The molecule has 0 bridgehead atoms. The third-order valence-corrected chi connectivity index (χ3v) is 12.6. The lowest BCUT2D eigenvalue weighted by molar-refractivity contribution is -0.136. The van der Waals surface area contributed by atoms with Crippen LogP contribution in [0.25, 0.3) is 11.2 Å². The zero-order chi connectivity index (χ0) is 39.0. The summed E-state index contributed by atoms with van der Waals surface area (Å²) < 4.78 is 2.12. The first-order valence-electron chi connectivity index (χ1n) is 20.3. The normalized spacial score (nSPS) is 23.4. The van der Waals surface area contributed by atoms with E-state index >= 15 is 0 Å². The fourth-order valence-corrected chi connectivity index (χ4v) is 9.25. The van der Waals surface area contributed by atoms with Crippen LogP contribution in [0, 0.1) is 11.8 Å². The zero-order valence-corrected chi connectivity index (χ0v) is 31.9. The second kappa shape index (κ2) is 15.7. The maximum atomic E-state index is 13.3. The molecule has 5 aliphatic rings. The molecule has 0 unspecified atom stereocenters. The van der Waals surface area contributed by atoms with Gasteiger partial charge >= 0.3 is 0 Å². The van der Waals surface area contributed by atoms with Crippen molar-refractivity contribution >= 4 is 52.2 Å². The first kappa shape index (κ1) is 36.9. The number of rotatable bonds is 11. The second-order valence-electron chi connectivity index (χ2n) is 16.3. The van der Waals surface area contributed by atoms with Gasteiger partial charge in [-0.3, -0.25) is 34.2 Å². The van der Waals surface area contributed by atoms with Gasteiger partial charge in [0.1, 0.15) is 17.9 Å². The topological polar surface area (TPSA) is 175 Å². The molecule has 0 spiro atoms. The summed E-state index contributed by atoms with van der Waals surface area (Å²) >= 11 is 0. The van der Waals surface area contributed by atoms with Crippen molar-refractivity contribution in [3.05, 3.63) is 77.9 Å². The summed E-state index contributed by atoms with van der Waals surface area (Å²) in [5.74, 6) is 0.0332. The number of nitrogens with zero attached hydrogens (tertiary/aromatic N) is 7. The lowest BCUT2D eigenvalue weighted by Gasteiger charge is -2.38. The molecule has 1 aliphatic carbocycles. The molecule has 2 aromatic heterocycles. The van der Waals surface area contributed by atoms with Gasteiger partial charge in [-0.1, -0.05) is 30.3 Å². The average Bonchev–Trinajstić information content (AvgIpc) is 3.74. The van der Waals surface area contributed by atoms with Crippen LogP contribution in [-0.2, 0) is 20.8 Å². The van der Waals surface area contributed by atoms with Gasteiger partial charge in [0.25, 0.3) is 11.8 Å². The first-order valence-corrected chi connectivity index (χ1v) is 20.3. The Hall–Kier alpha value is -5.70. The Balaban J connectivity index is 0.709. The van der Waals surface area contributed by atoms with Crippen LogP contribution in [-0.4, -0.2) is 110 Å². The van der Waals surface area contributed by atoms with E-state index in [0.29, 0.717) is 29.4 Å². The van der Waals surface area contributed by atoms with E-state index in [4.69, 9.17) is 4.98 Å². The number of imide groups is 2. The molecule has 4 aromatic rings. The molecule has 296 valence electrons. The Labute approximate surface area is 330 Å². The lowest BCUT2D eigenvalue weighted by atomic mass is 9.86. The van der Waals surface area contributed by atoms with Crippen molar-refractivity contribution in [3.63, 3.8) is 0 Å². The molecular weight excluding hydrogens is 725 g/mol. The number of anilines is 2. The molecule has 6 heterocycles. The summed E-state index contributed by atoms with van der Waals surface area (Å²) in [5, 5.41) is 9.00. The van der Waals surface area contributed by atoms with Gasteiger partial charge in [-0.05, 0) is 93.6 Å². The summed E-state index contributed by atoms with van der Waals surface area (Å²) in [6, 6.07) is 14.6. The Morgan fingerprint density at radius 2 is 1.58 bits per heavy atom. The van der Waals surface area contributed by atoms with E-state index in [-0.39, 0.29) is 36.7 Å². The number of piperidine rings is 3. The Bertz CT molecular complexity index is 2190. The number of benzene rings is 2. The van der Waals surface area contributed by atoms with Crippen molar-refractivity contribution in [1.29, 1.82) is 0 Å². The standard InChI is InChI=1S/C42H48N10O5/c53-35-9-8-34(40(55)48-35)52-41(56)32-7-6-30(21-33(32)42(52)57)50-16-12-28(13-17-50)23-49-14-10-27(11-15-49)22-43-38-37-39(45-24-44-38)51(25-46-37)31-19-29(20-31)47-36(54)18-26-4-2-1-3-5-26/h1-7,21,24-25,27-29,31,34H,8-20,22-23H2,(H,47,54)(H,43,44,45)(H,48,53,55)/t29?,31?,34-/m0/s1. The quantitative estimate of drug-likeness (QED) is 0.191. The maximum Gasteiger partial charge on any atom is 0.262 e. The number of nitrogens with one attached hydrogen (secondary N) is 3. The minimum atomic E-state index is -0.961. The van der Waals surface area contributed by atoms with E-state index in [1.54, 1.807) is 18.5 Å². The summed E-state index contributed by atoms with van der Waals surface area (Å²) in [7, 11) is 0. The highest BCUT2D eigenvalue weighted by molar-refractivity contribution is 6.23. The number of hydrogen-bond donors (Lipinski definition) is 3. The van der Waals surface area contributed by atoms with Gasteiger partial charge in [0.05, 0.1) is 23.9 Å². The largest absolute Gasteiger partial charge is 0.371 e. The van der Waals surface area contributed by atoms with Crippen LogP contribution in [0.4, 0.5) is 11.5 Å². The SMILES string of the molecule is O=C1CC[C@H](N2C(=O)c3ccc(N4CCC(CN5CCC(CNc6ncnc7c6ncn7C6CC(NC(=O)Cc7ccccc7)C6)CC5)CC4)cc3C2=O)C(=O)N1. The smallest absolute Gasteiger partial charge is 0.262 e. The predicted octanol–water partition coefficient (Wildman–Crippen LogP) is 3.33. The van der Waals surface area contributed by atoms with Crippen molar-refractivity contribution in [2.75, 3.05) is 49.5 Å². The van der Waals surface area contributed by atoms with Gasteiger partial charge in [-0.25, -0.2) is 15.0 Å². The Morgan fingerprint density at radius 3 is 2.35 bits per heavy atom. The van der Waals surface area contributed by atoms with Crippen LogP contribution >= 0.6 is 0 Å². The summed E-state index contributed by atoms with van der Waals surface area (Å²) in [4.78, 5) is 82.8. The molecule has 15 nitrogen and oxygen atoms in total. The van der Waals surface area contributed by atoms with Crippen LogP contribution in [0.3, 0.4) is 0 Å². The number of hydrogen-bond acceptors (Lipinski definition) is 11. The highest BCUT2D eigenvalue weighted by Gasteiger charge is 2.45. The van der Waals surface area contributed by atoms with Gasteiger partial charge in [-0.15, -0.1) is 0 Å². The molecule has 1 saturated carbocycles. The number of amides is 5. The number of aromatic nitrogens is 4. The Morgan fingerprint density at radius 1 is 0.825 bits per heavy atom. The maximum absolute atomic E-state index is 13.3. The van der Waals surface area contributed by atoms with Crippen LogP contribution in [0.5, 0.6) is 0 Å². The van der Waals surface area contributed by atoms with Crippen LogP contribution in [0.1, 0.15) is 83.7 Å². The molecule has 4 aliphatic heterocycles. The molecule has 15 heteroatoms. The molecule has 57 heavy (non-hydrogen) atoms. The molecule has 1 atom stereocenters. The van der Waals surface area contributed by atoms with Gasteiger partial charge in [0.15, 0.2) is 11.5 Å². The predicted molar refractivity (Wildman–Crippen MR) is 211 cm³/mol. The molecular formula is C42H48N10O5. The molecule has 4 fully saturated rings. The average molecular weight is 773 g/mol. The summed E-state index contributed by atoms with van der Waals surface area (Å²) in [5.41, 5.74) is 4.17. The molecule has 5 amide bonds. The van der Waals surface area contributed by atoms with Crippen molar-refractivity contribution in [3.8, 4) is 0 Å². The lowest BCUT2D eigenvalue weighted by Crippen LogP contribution is -2.54. The van der Waals surface area contributed by atoms with Gasteiger partial charge in [-0.2, -0.15) is 0 Å². The van der Waals surface area contributed by atoms with Gasteiger partial charge in [0.2, 0.25) is 17.7 Å². The number of carbonyl (C=O) groups excluding carboxylic acids is 5. The second-order valence-corrected chi connectivity index (χ2v) is 16.3. The van der Waals surface area contributed by atoms with E-state index in [0.717, 1.165) is 111 Å². The molecule has 9 rings (SSSR count). The third kappa shape index (κ3) is 7.59. The number of fused-ring (bicyclic) bond motifs is 2. The van der Waals surface area contributed by atoms with Gasteiger partial charge < -0.3 is 25.0 Å². The van der Waals surface area contributed by atoms with E-state index in [2.05, 4.69) is 40.3 Å². The monoisotopic (exact) mass is 772 g/mol. The van der Waals surface area contributed by atoms with Crippen molar-refractivity contribution < 1.29 is 24.0 Å². The molecule has 2 aromatic carbocycles. The first-order chi connectivity index (χ1) is 27.8. The van der Waals surface area contributed by atoms with Crippen LogP contribution < -0.4 is 20.9 Å². The van der Waals surface area contributed by atoms with Crippen molar-refractivity contribution in [2.45, 2.75) is 75.9 Å². The molecule has 3 N–H and O–H groups in total. The highest BCUT2D eigenvalue weighted by atomic mass is 16.2. The van der Waals surface area contributed by atoms with E-state index in [9.17, 15) is 24.0 Å². The van der Waals surface area contributed by atoms with E-state index < -0.39 is 23.8 Å². The number of carbonyl (C=O) groups is 5. The number of imidazole rings is 1. The van der Waals surface area contributed by atoms with Crippen molar-refractivity contribution in [1.82, 2.24) is 40.0 Å². The van der Waals surface area contributed by atoms with Crippen molar-refractivity contribution in [2.24, 2.45) is 11.8 Å². The highest BCUT2D eigenvalue weighted by Crippen LogP contribution is 2.36. The molecule has 0 radical (unpaired) electrons. The van der Waals surface area contributed by atoms with E-state index in [1.807, 2.05) is 42.7 Å². The van der Waals surface area contributed by atoms with E-state index in [1.165, 1.54) is 0 Å². The van der Waals surface area contributed by atoms with Gasteiger partial charge in [0, 0.05) is 50.4 Å². The third-order valence-electron chi connectivity index (χ3n) is 12.6. The Kier molecular flexibility index (Phi) is 10.2. The van der Waals surface area contributed by atoms with Crippen LogP contribution in [0.2, 0.25) is 0 Å². The summed E-state index contributed by atoms with van der Waals surface area (Å²) in [6.45, 7) is 5.79. The summed E-state index contributed by atoms with van der Waals surface area (Å²) in [6.07, 6.45) is 10.1. The fourth-order valence-electron chi connectivity index (χ4n) is 9.25.